The van der Waals surface area contributed by atoms with Gasteiger partial charge in [0.25, 0.3) is 0 Å². The van der Waals surface area contributed by atoms with Crippen LogP contribution in [0.5, 0.6) is 0 Å². The van der Waals surface area contributed by atoms with Crippen LogP contribution in [0.25, 0.3) is 5.53 Å². The van der Waals surface area contributed by atoms with Gasteiger partial charge in [0.05, 0.1) is 6.61 Å². The van der Waals surface area contributed by atoms with Gasteiger partial charge in [-0.3, -0.25) is 0 Å². The third-order valence-electron chi connectivity index (χ3n) is 0.612. The fraction of sp³-hybridized carbons (Fsp3) is 0.600. The van der Waals surface area contributed by atoms with Crippen LogP contribution in [-0.2, 0) is 9.53 Å². The highest BCUT2D eigenvalue weighted by Gasteiger charge is 1.99. The van der Waals surface area contributed by atoms with Crippen molar-refractivity contribution >= 4 is 12.2 Å². The molecule has 0 rings (SSSR count). The van der Waals surface area contributed by atoms with E-state index in [2.05, 4.69) is 9.53 Å². The highest BCUT2D eigenvalue weighted by atomic mass is 16.5. The molecule has 0 aliphatic heterocycles. The van der Waals surface area contributed by atoms with Crippen molar-refractivity contribution < 1.29 is 14.3 Å². The van der Waals surface area contributed by atoms with Crippen molar-refractivity contribution in [2.45, 2.75) is 13.3 Å². The summed E-state index contributed by atoms with van der Waals surface area (Å²) < 4.78 is 4.48. The van der Waals surface area contributed by atoms with Crippen molar-refractivity contribution in [1.82, 2.24) is 0 Å². The third kappa shape index (κ3) is 4.71. The van der Waals surface area contributed by atoms with E-state index in [4.69, 9.17) is 5.53 Å². The van der Waals surface area contributed by atoms with E-state index < -0.39 is 5.97 Å². The zero-order chi connectivity index (χ0) is 7.11. The molecule has 50 valence electrons. The van der Waals surface area contributed by atoms with E-state index in [1.54, 1.807) is 0 Å². The van der Waals surface area contributed by atoms with Crippen molar-refractivity contribution in [2.75, 3.05) is 6.61 Å². The minimum Gasteiger partial charge on any atom is -0.457 e. The lowest BCUT2D eigenvalue weighted by molar-refractivity contribution is -0.138. The summed E-state index contributed by atoms with van der Waals surface area (Å²) in [7, 11) is 0. The maximum atomic E-state index is 10.3. The molecular formula is C5H8N2O2. The molecule has 0 aromatic rings. The van der Waals surface area contributed by atoms with Gasteiger partial charge in [0.1, 0.15) is 0 Å². The highest BCUT2D eigenvalue weighted by Crippen LogP contribution is 1.77. The van der Waals surface area contributed by atoms with Crippen molar-refractivity contribution in [2.24, 2.45) is 0 Å². The van der Waals surface area contributed by atoms with Crippen molar-refractivity contribution in [3.8, 4) is 0 Å². The van der Waals surface area contributed by atoms with Gasteiger partial charge in [-0.05, 0) is 6.42 Å². The van der Waals surface area contributed by atoms with Crippen LogP contribution in [0.2, 0.25) is 0 Å². The Kier molecular flexibility index (Phi) is 4.36. The molecule has 0 N–H and O–H groups in total. The Morgan fingerprint density at radius 3 is 3.00 bits per heavy atom. The van der Waals surface area contributed by atoms with Gasteiger partial charge in [-0.2, -0.15) is 4.79 Å². The smallest absolute Gasteiger partial charge is 0.413 e. The second-order valence-corrected chi connectivity index (χ2v) is 1.41. The quantitative estimate of drug-likeness (QED) is 0.236. The van der Waals surface area contributed by atoms with Gasteiger partial charge < -0.3 is 10.3 Å². The Morgan fingerprint density at radius 1 is 1.89 bits per heavy atom. The van der Waals surface area contributed by atoms with E-state index in [1.165, 1.54) is 0 Å². The third-order valence-corrected chi connectivity index (χ3v) is 0.612. The van der Waals surface area contributed by atoms with Crippen molar-refractivity contribution in [3.63, 3.8) is 0 Å². The Labute approximate surface area is 53.1 Å². The molecule has 0 saturated heterocycles. The monoisotopic (exact) mass is 128 g/mol. The molecule has 0 heterocycles. The molecule has 0 spiro atoms. The predicted octanol–water partition coefficient (Wildman–Crippen LogP) is 0.240. The van der Waals surface area contributed by atoms with Crippen molar-refractivity contribution in [1.29, 1.82) is 0 Å². The predicted molar refractivity (Wildman–Crippen MR) is 30.9 cm³/mol. The molecule has 0 bridgehead atoms. The van der Waals surface area contributed by atoms with Crippen LogP contribution < -0.4 is 0 Å². The summed E-state index contributed by atoms with van der Waals surface area (Å²) in [5, 5.41) is 0. The normalized spacial score (nSPS) is 7.67. The van der Waals surface area contributed by atoms with Gasteiger partial charge in [-0.15, -0.1) is 0 Å². The number of ether oxygens (including phenoxy) is 1. The Bertz CT molecular complexity index is 138. The van der Waals surface area contributed by atoms with Gasteiger partial charge >= 0.3 is 12.2 Å². The zero-order valence-electron chi connectivity index (χ0n) is 5.20. The average molecular weight is 128 g/mol. The fourth-order valence-electron chi connectivity index (χ4n) is 0.287. The minimum absolute atomic E-state index is 0.366. The van der Waals surface area contributed by atoms with Gasteiger partial charge in [0.2, 0.25) is 0 Å². The summed E-state index contributed by atoms with van der Waals surface area (Å²) in [5.41, 5.74) is 7.80. The van der Waals surface area contributed by atoms with Crippen molar-refractivity contribution in [3.05, 3.63) is 5.53 Å². The molecule has 0 amide bonds. The molecule has 0 saturated carbocycles. The summed E-state index contributed by atoms with van der Waals surface area (Å²) in [6.07, 6.45) is 1.49. The average Bonchev–Trinajstić information content (AvgIpc) is 1.85. The summed E-state index contributed by atoms with van der Waals surface area (Å²) >= 11 is 0. The lowest BCUT2D eigenvalue weighted by atomic mass is 10.5. The molecule has 9 heavy (non-hydrogen) atoms. The van der Waals surface area contributed by atoms with Crippen LogP contribution in [0.1, 0.15) is 13.3 Å². The van der Waals surface area contributed by atoms with Gasteiger partial charge in [-0.1, -0.05) is 6.92 Å². The number of rotatable bonds is 3. The SMILES string of the molecule is CCCOC(=O)C=[N+]=[N-]. The van der Waals surface area contributed by atoms with Crippen LogP contribution >= 0.6 is 0 Å². The second-order valence-electron chi connectivity index (χ2n) is 1.41. The first-order chi connectivity index (χ1) is 4.31. The first-order valence-electron chi connectivity index (χ1n) is 2.65. The molecule has 4 nitrogen and oxygen atoms in total. The number of carbonyl (C=O) groups is 1. The lowest BCUT2D eigenvalue weighted by Gasteiger charge is -1.91. The van der Waals surface area contributed by atoms with Gasteiger partial charge in [0, 0.05) is 0 Å². The first-order valence-corrected chi connectivity index (χ1v) is 2.65. The molecule has 0 aromatic heterocycles. The Balaban J connectivity index is 3.39. The molecule has 0 aliphatic carbocycles. The van der Waals surface area contributed by atoms with Crippen LogP contribution in [0, 0.1) is 0 Å². The zero-order valence-corrected chi connectivity index (χ0v) is 5.20. The van der Waals surface area contributed by atoms with E-state index in [-0.39, 0.29) is 0 Å². The number of hydrogen-bond donors (Lipinski definition) is 0. The molecule has 0 fully saturated rings. The molecular weight excluding hydrogens is 120 g/mol. The van der Waals surface area contributed by atoms with Gasteiger partial charge in [0.15, 0.2) is 0 Å². The highest BCUT2D eigenvalue weighted by molar-refractivity contribution is 6.20. The Morgan fingerprint density at radius 2 is 2.56 bits per heavy atom. The van der Waals surface area contributed by atoms with Crippen LogP contribution in [-0.4, -0.2) is 23.6 Å². The molecule has 0 unspecified atom stereocenters. The number of esters is 1. The van der Waals surface area contributed by atoms with E-state index in [1.807, 2.05) is 6.92 Å². The second kappa shape index (κ2) is 5.00. The summed E-state index contributed by atoms with van der Waals surface area (Å²) in [4.78, 5) is 12.8. The summed E-state index contributed by atoms with van der Waals surface area (Å²) in [6, 6.07) is 0. The minimum atomic E-state index is -0.612. The standard InChI is InChI=1S/C5H8N2O2/c1-2-3-9-5(8)4-7-6/h4H,2-3H2,1H3. The molecule has 0 atom stereocenters. The maximum Gasteiger partial charge on any atom is 0.413 e. The lowest BCUT2D eigenvalue weighted by Crippen LogP contribution is -2.06. The summed E-state index contributed by atoms with van der Waals surface area (Å²) in [5.74, 6) is -0.612. The molecule has 0 aromatic carbocycles. The van der Waals surface area contributed by atoms with E-state index in [0.717, 1.165) is 12.6 Å². The molecule has 0 radical (unpaired) electrons. The van der Waals surface area contributed by atoms with Crippen LogP contribution in [0.15, 0.2) is 0 Å². The van der Waals surface area contributed by atoms with E-state index in [9.17, 15) is 4.79 Å². The van der Waals surface area contributed by atoms with Crippen LogP contribution in [0.3, 0.4) is 0 Å². The number of hydrogen-bond acceptors (Lipinski definition) is 2. The largest absolute Gasteiger partial charge is 0.457 e. The molecule has 4 heteroatoms. The fourth-order valence-corrected chi connectivity index (χ4v) is 0.287. The maximum absolute atomic E-state index is 10.3. The Hall–Kier alpha value is -1.15. The van der Waals surface area contributed by atoms with Crippen LogP contribution in [0.4, 0.5) is 0 Å². The molecule has 0 aliphatic rings. The first kappa shape index (κ1) is 7.85. The number of carbonyl (C=O) groups excluding carboxylic acids is 1. The van der Waals surface area contributed by atoms with E-state index >= 15 is 0 Å². The van der Waals surface area contributed by atoms with Gasteiger partial charge in [-0.25, -0.2) is 4.79 Å². The topological polar surface area (TPSA) is 62.7 Å². The summed E-state index contributed by atoms with van der Waals surface area (Å²) in [6.45, 7) is 2.24. The van der Waals surface area contributed by atoms with E-state index in [0.29, 0.717) is 6.61 Å². The number of nitrogens with zero attached hydrogens (tertiary/aromatic N) is 2.